The standard InChI is InChI=1S/CH5OP.BF4/c2-1-3;2-1(3,4)5/h2H,1,3H2;/q;-1/p+1. The molecule has 0 heterocycles. The van der Waals surface area contributed by atoms with Crippen LogP contribution in [0.4, 0.5) is 17.3 Å². The van der Waals surface area contributed by atoms with E-state index in [1.165, 1.54) is 9.24 Å². The van der Waals surface area contributed by atoms with E-state index < -0.39 is 7.25 Å². The minimum atomic E-state index is -6.00. The van der Waals surface area contributed by atoms with Gasteiger partial charge >= 0.3 is 7.25 Å². The smallest absolute Gasteiger partial charge is 0.418 e. The van der Waals surface area contributed by atoms with Crippen molar-refractivity contribution in [3.63, 3.8) is 0 Å². The maximum atomic E-state index is 9.75. The zero-order chi connectivity index (χ0) is 7.21. The first kappa shape index (κ1) is 11.0. The summed E-state index contributed by atoms with van der Waals surface area (Å²) in [6.45, 7) is 0. The first-order valence-corrected chi connectivity index (χ1v) is 2.69. The summed E-state index contributed by atoms with van der Waals surface area (Å²) in [5, 5.41) is 7.58. The number of aliphatic hydroxyl groups excluding tert-OH is 1. The lowest BCUT2D eigenvalue weighted by atomic mass is 10.3. The van der Waals surface area contributed by atoms with Crippen LogP contribution in [0, 0.1) is 0 Å². The first-order chi connectivity index (χ1) is 3.41. The van der Waals surface area contributed by atoms with Crippen LogP contribution in [-0.4, -0.2) is 18.7 Å². The van der Waals surface area contributed by atoms with E-state index in [-0.39, 0.29) is 6.35 Å². The van der Waals surface area contributed by atoms with Gasteiger partial charge in [-0.25, -0.2) is 0 Å². The normalized spacial score (nSPS) is 10.1. The Hall–Kier alpha value is 0.175. The van der Waals surface area contributed by atoms with E-state index in [9.17, 15) is 17.3 Å². The van der Waals surface area contributed by atoms with Crippen molar-refractivity contribution in [3.05, 3.63) is 0 Å². The van der Waals surface area contributed by atoms with Crippen molar-refractivity contribution in [2.24, 2.45) is 0 Å². The van der Waals surface area contributed by atoms with Gasteiger partial charge in [-0.15, -0.1) is 0 Å². The molecule has 0 bridgehead atoms. The molecule has 1 atom stereocenters. The van der Waals surface area contributed by atoms with Gasteiger partial charge in [-0.1, -0.05) is 0 Å². The quantitative estimate of drug-likeness (QED) is 0.309. The van der Waals surface area contributed by atoms with Crippen LogP contribution in [0.1, 0.15) is 0 Å². The van der Waals surface area contributed by atoms with Crippen LogP contribution in [0.3, 0.4) is 0 Å². The fourth-order valence-corrected chi connectivity index (χ4v) is 0. The summed E-state index contributed by atoms with van der Waals surface area (Å²) < 4.78 is 39.0. The molecular weight excluding hydrogens is 146 g/mol. The van der Waals surface area contributed by atoms with Crippen molar-refractivity contribution < 1.29 is 22.4 Å². The molecule has 52 valence electrons. The molecule has 0 amide bonds. The Morgan fingerprint density at radius 2 is 1.25 bits per heavy atom. The molecule has 1 N–H and O–H groups in total. The van der Waals surface area contributed by atoms with Crippen molar-refractivity contribution in [1.82, 2.24) is 0 Å². The molecule has 7 heteroatoms. The zero-order valence-corrected chi connectivity index (χ0v) is 5.36. The Morgan fingerprint density at radius 1 is 1.25 bits per heavy atom. The minimum absolute atomic E-state index is 0.278. The molecule has 0 fully saturated rings. The summed E-state index contributed by atoms with van der Waals surface area (Å²) in [5.74, 6) is 0. The number of halogens is 4. The van der Waals surface area contributed by atoms with E-state index in [0.29, 0.717) is 0 Å². The molecule has 8 heavy (non-hydrogen) atoms. The second-order valence-electron chi connectivity index (χ2n) is 0.718. The van der Waals surface area contributed by atoms with Crippen molar-refractivity contribution in [2.75, 3.05) is 6.35 Å². The molecular formula is CH6BF4OP. The Balaban J connectivity index is 0. The highest BCUT2D eigenvalue weighted by Crippen LogP contribution is 2.06. The average Bonchev–Trinajstić information content (AvgIpc) is 1.27. The third-order valence-corrected chi connectivity index (χ3v) is 0. The highest BCUT2D eigenvalue weighted by molar-refractivity contribution is 7.16. The first-order valence-electron chi connectivity index (χ1n) is 1.69. The molecule has 1 unspecified atom stereocenters. The van der Waals surface area contributed by atoms with Gasteiger partial charge in [-0.2, -0.15) is 0 Å². The molecule has 0 aromatic rings. The third-order valence-electron chi connectivity index (χ3n) is 0. The molecule has 0 aromatic heterocycles. The number of hydrogen-bond acceptors (Lipinski definition) is 1. The molecule has 0 saturated heterocycles. The second kappa shape index (κ2) is 5.31. The van der Waals surface area contributed by atoms with Crippen molar-refractivity contribution in [3.8, 4) is 0 Å². The fraction of sp³-hybridized carbons (Fsp3) is 1.00. The highest BCUT2D eigenvalue weighted by atomic mass is 31.0. The molecule has 0 aliphatic rings. The molecule has 0 aromatic carbocycles. The van der Waals surface area contributed by atoms with Gasteiger partial charge in [0, 0.05) is 9.24 Å². The third kappa shape index (κ3) is 5400. The Kier molecular flexibility index (Phi) is 7.33. The summed E-state index contributed by atoms with van der Waals surface area (Å²) in [4.78, 5) is 0. The maximum Gasteiger partial charge on any atom is 0.673 e. The van der Waals surface area contributed by atoms with Gasteiger partial charge in [0.05, 0.1) is 0 Å². The van der Waals surface area contributed by atoms with Crippen LogP contribution >= 0.6 is 9.24 Å². The topological polar surface area (TPSA) is 20.2 Å². The second-order valence-corrected chi connectivity index (χ2v) is 1.17. The molecule has 0 aliphatic heterocycles. The Labute approximate surface area is 46.4 Å². The van der Waals surface area contributed by atoms with E-state index in [1.54, 1.807) is 0 Å². The van der Waals surface area contributed by atoms with E-state index in [2.05, 4.69) is 0 Å². The van der Waals surface area contributed by atoms with Gasteiger partial charge in [-0.3, -0.25) is 0 Å². The minimum Gasteiger partial charge on any atom is -0.418 e. The molecule has 0 radical (unpaired) electrons. The average molecular weight is 152 g/mol. The summed E-state index contributed by atoms with van der Waals surface area (Å²) in [7, 11) is -4.47. The van der Waals surface area contributed by atoms with Crippen LogP contribution in [0.2, 0.25) is 0 Å². The van der Waals surface area contributed by atoms with Crippen LogP contribution in [0.15, 0.2) is 0 Å². The van der Waals surface area contributed by atoms with Gasteiger partial charge in [0.25, 0.3) is 0 Å². The lowest BCUT2D eigenvalue weighted by molar-refractivity contribution is 0.368. The van der Waals surface area contributed by atoms with Crippen molar-refractivity contribution >= 4 is 16.5 Å². The predicted molar refractivity (Wildman–Crippen MR) is 28.4 cm³/mol. The molecule has 0 saturated carbocycles. The summed E-state index contributed by atoms with van der Waals surface area (Å²) in [6.07, 6.45) is 0.278. The van der Waals surface area contributed by atoms with Crippen LogP contribution in [0.25, 0.3) is 0 Å². The zero-order valence-electron chi connectivity index (χ0n) is 3.95. The molecule has 0 rings (SSSR count). The largest absolute Gasteiger partial charge is 0.673 e. The molecule has 0 aliphatic carbocycles. The lowest BCUT2D eigenvalue weighted by Gasteiger charge is -1.94. The van der Waals surface area contributed by atoms with Crippen molar-refractivity contribution in [1.29, 1.82) is 0 Å². The highest BCUT2D eigenvalue weighted by Gasteiger charge is 2.20. The van der Waals surface area contributed by atoms with E-state index in [0.717, 1.165) is 0 Å². The SMILES string of the molecule is F[B-](F)(F)F.OC[PH3+]. The fourth-order valence-electron chi connectivity index (χ4n) is 0. The van der Waals surface area contributed by atoms with Crippen molar-refractivity contribution in [2.45, 2.75) is 0 Å². The number of aliphatic hydroxyl groups is 1. The number of hydrogen-bond donors (Lipinski definition) is 1. The van der Waals surface area contributed by atoms with E-state index in [1.807, 2.05) is 0 Å². The Bertz CT molecular complexity index is 39.8. The van der Waals surface area contributed by atoms with Gasteiger partial charge in [0.1, 0.15) is 6.35 Å². The van der Waals surface area contributed by atoms with Crippen LogP contribution in [-0.2, 0) is 0 Å². The number of rotatable bonds is 0. The van der Waals surface area contributed by atoms with Gasteiger partial charge in [0.2, 0.25) is 0 Å². The van der Waals surface area contributed by atoms with Crippen LogP contribution < -0.4 is 0 Å². The summed E-state index contributed by atoms with van der Waals surface area (Å²) in [6, 6.07) is 0. The molecule has 0 spiro atoms. The summed E-state index contributed by atoms with van der Waals surface area (Å²) in [5.41, 5.74) is 0. The maximum absolute atomic E-state index is 9.75. The monoisotopic (exact) mass is 152 g/mol. The molecule has 1 nitrogen and oxygen atoms in total. The lowest BCUT2D eigenvalue weighted by Crippen LogP contribution is -2.02. The van der Waals surface area contributed by atoms with Crippen LogP contribution in [0.5, 0.6) is 0 Å². The summed E-state index contributed by atoms with van der Waals surface area (Å²) >= 11 is 0. The van der Waals surface area contributed by atoms with Gasteiger partial charge in [-0.05, 0) is 0 Å². The van der Waals surface area contributed by atoms with E-state index >= 15 is 0 Å². The van der Waals surface area contributed by atoms with E-state index in [4.69, 9.17) is 5.11 Å². The van der Waals surface area contributed by atoms with Gasteiger partial charge in [0.15, 0.2) is 0 Å². The predicted octanol–water partition coefficient (Wildman–Crippen LogP) is 0.844. The Morgan fingerprint density at radius 3 is 1.25 bits per heavy atom. The van der Waals surface area contributed by atoms with Gasteiger partial charge < -0.3 is 22.4 Å².